The summed E-state index contributed by atoms with van der Waals surface area (Å²) in [5, 5.41) is 0. The van der Waals surface area contributed by atoms with Gasteiger partial charge in [-0.05, 0) is 43.5 Å². The monoisotopic (exact) mass is 405 g/mol. The summed E-state index contributed by atoms with van der Waals surface area (Å²) in [5.41, 5.74) is 0.863. The number of carbonyl (C=O) groups is 1. The number of benzene rings is 1. The van der Waals surface area contributed by atoms with Crippen molar-refractivity contribution in [1.82, 2.24) is 4.90 Å². The van der Waals surface area contributed by atoms with Crippen molar-refractivity contribution in [3.63, 3.8) is 0 Å². The molecule has 0 bridgehead atoms. The highest BCUT2D eigenvalue weighted by Gasteiger charge is 2.34. The van der Waals surface area contributed by atoms with Gasteiger partial charge in [-0.3, -0.25) is 9.69 Å². The fourth-order valence-corrected chi connectivity index (χ4v) is 4.23. The van der Waals surface area contributed by atoms with Crippen LogP contribution in [0.5, 0.6) is 11.5 Å². The Bertz CT molecular complexity index is 756. The van der Waals surface area contributed by atoms with E-state index in [4.69, 9.17) is 26.4 Å². The second-order valence-electron chi connectivity index (χ2n) is 6.17. The zero-order valence-electron chi connectivity index (χ0n) is 15.3. The molecular weight excluding hydrogens is 382 g/mol. The van der Waals surface area contributed by atoms with Gasteiger partial charge in [0.1, 0.15) is 10.9 Å². The number of ether oxygens (including phenoxy) is 3. The van der Waals surface area contributed by atoms with Crippen LogP contribution < -0.4 is 9.47 Å². The van der Waals surface area contributed by atoms with Crippen LogP contribution in [0.25, 0.3) is 6.08 Å². The number of thioether (sulfide) groups is 1. The van der Waals surface area contributed by atoms with Crippen molar-refractivity contribution in [3.05, 3.63) is 41.3 Å². The average Bonchev–Trinajstić information content (AvgIpc) is 3.26. The normalized spacial score (nSPS) is 21.1. The smallest absolute Gasteiger partial charge is 0.266 e. The Kier molecular flexibility index (Phi) is 6.93. The van der Waals surface area contributed by atoms with Crippen molar-refractivity contribution in [2.24, 2.45) is 0 Å². The lowest BCUT2D eigenvalue weighted by Gasteiger charge is -2.18. The summed E-state index contributed by atoms with van der Waals surface area (Å²) in [6.07, 6.45) is 5.62. The lowest BCUT2D eigenvalue weighted by molar-refractivity contribution is -0.123. The molecule has 27 heavy (non-hydrogen) atoms. The van der Waals surface area contributed by atoms with Gasteiger partial charge in [0.15, 0.2) is 11.5 Å². The van der Waals surface area contributed by atoms with Crippen molar-refractivity contribution >= 4 is 40.3 Å². The molecule has 1 atom stereocenters. The fourth-order valence-electron chi connectivity index (χ4n) is 2.95. The van der Waals surface area contributed by atoms with E-state index in [0.717, 1.165) is 25.0 Å². The molecule has 2 fully saturated rings. The minimum absolute atomic E-state index is 0.0644. The molecule has 0 N–H and O–H groups in total. The lowest BCUT2D eigenvalue weighted by atomic mass is 10.1. The number of rotatable bonds is 8. The van der Waals surface area contributed by atoms with Gasteiger partial charge in [-0.1, -0.05) is 42.7 Å². The predicted octanol–water partition coefficient (Wildman–Crippen LogP) is 4.03. The molecule has 144 valence electrons. The first-order valence-electron chi connectivity index (χ1n) is 9.00. The molecule has 0 spiro atoms. The van der Waals surface area contributed by atoms with Crippen LogP contribution in [-0.4, -0.2) is 47.6 Å². The summed E-state index contributed by atoms with van der Waals surface area (Å²) >= 11 is 6.72. The Balaban J connectivity index is 1.76. The van der Waals surface area contributed by atoms with Crippen molar-refractivity contribution in [2.75, 3.05) is 26.4 Å². The molecule has 0 saturated carbocycles. The Morgan fingerprint density at radius 2 is 2.26 bits per heavy atom. The van der Waals surface area contributed by atoms with Crippen LogP contribution in [0.15, 0.2) is 35.8 Å². The van der Waals surface area contributed by atoms with Gasteiger partial charge >= 0.3 is 0 Å². The van der Waals surface area contributed by atoms with Gasteiger partial charge in [0.25, 0.3) is 5.91 Å². The number of amides is 1. The molecule has 2 aliphatic heterocycles. The summed E-state index contributed by atoms with van der Waals surface area (Å²) in [7, 11) is 0. The highest BCUT2D eigenvalue weighted by atomic mass is 32.2. The van der Waals surface area contributed by atoms with E-state index in [1.807, 2.05) is 31.2 Å². The molecule has 2 saturated heterocycles. The van der Waals surface area contributed by atoms with Crippen LogP contribution in [0.3, 0.4) is 0 Å². The minimum atomic E-state index is -0.0644. The molecule has 1 aromatic rings. The molecule has 5 nitrogen and oxygen atoms in total. The van der Waals surface area contributed by atoms with E-state index in [1.54, 1.807) is 11.0 Å². The summed E-state index contributed by atoms with van der Waals surface area (Å²) in [5.74, 6) is 1.23. The highest BCUT2D eigenvalue weighted by Crippen LogP contribution is 2.35. The summed E-state index contributed by atoms with van der Waals surface area (Å²) in [4.78, 5) is 15.0. The molecule has 1 aromatic carbocycles. The standard InChI is InChI=1S/C20H23NO4S2/c1-3-9-25-16-8-7-14(11-17(16)23-4-2)12-18-19(22)21(20(26)27-18)13-15-6-5-10-24-15/h3,7-8,11-12,15H,1,4-6,9-10,13H2,2H3/b18-12-/t15-/m0/s1. The van der Waals surface area contributed by atoms with Crippen molar-refractivity contribution in [2.45, 2.75) is 25.9 Å². The molecule has 0 radical (unpaired) electrons. The van der Waals surface area contributed by atoms with E-state index in [2.05, 4.69) is 6.58 Å². The number of hydrogen-bond acceptors (Lipinski definition) is 6. The second-order valence-corrected chi connectivity index (χ2v) is 7.84. The first-order valence-corrected chi connectivity index (χ1v) is 10.2. The molecule has 0 aromatic heterocycles. The Morgan fingerprint density at radius 3 is 2.96 bits per heavy atom. The molecule has 3 rings (SSSR count). The van der Waals surface area contributed by atoms with Gasteiger partial charge in [0.2, 0.25) is 0 Å². The van der Waals surface area contributed by atoms with Gasteiger partial charge < -0.3 is 14.2 Å². The van der Waals surface area contributed by atoms with Gasteiger partial charge in [0, 0.05) is 6.61 Å². The Morgan fingerprint density at radius 1 is 1.41 bits per heavy atom. The Hall–Kier alpha value is -1.83. The molecule has 2 aliphatic rings. The molecule has 1 amide bonds. The number of nitrogens with zero attached hydrogens (tertiary/aromatic N) is 1. The number of hydrogen-bond donors (Lipinski definition) is 0. The van der Waals surface area contributed by atoms with Crippen LogP contribution in [-0.2, 0) is 9.53 Å². The van der Waals surface area contributed by atoms with E-state index in [-0.39, 0.29) is 12.0 Å². The molecular formula is C20H23NO4S2. The van der Waals surface area contributed by atoms with Crippen LogP contribution in [0.2, 0.25) is 0 Å². The van der Waals surface area contributed by atoms with E-state index < -0.39 is 0 Å². The minimum Gasteiger partial charge on any atom is -0.490 e. The summed E-state index contributed by atoms with van der Waals surface area (Å²) in [6, 6.07) is 5.61. The third kappa shape index (κ3) is 4.91. The molecule has 0 unspecified atom stereocenters. The number of carbonyl (C=O) groups excluding carboxylic acids is 1. The third-order valence-corrected chi connectivity index (χ3v) is 5.58. The zero-order valence-corrected chi connectivity index (χ0v) is 16.9. The van der Waals surface area contributed by atoms with Crippen molar-refractivity contribution in [3.8, 4) is 11.5 Å². The van der Waals surface area contributed by atoms with E-state index in [0.29, 0.717) is 40.5 Å². The number of thiocarbonyl (C=S) groups is 1. The highest BCUT2D eigenvalue weighted by molar-refractivity contribution is 8.26. The van der Waals surface area contributed by atoms with E-state index >= 15 is 0 Å². The maximum Gasteiger partial charge on any atom is 0.266 e. The molecule has 0 aliphatic carbocycles. The van der Waals surface area contributed by atoms with Gasteiger partial charge in [0.05, 0.1) is 24.2 Å². The van der Waals surface area contributed by atoms with Gasteiger partial charge in [-0.25, -0.2) is 0 Å². The molecule has 2 heterocycles. The van der Waals surface area contributed by atoms with E-state index in [9.17, 15) is 4.79 Å². The average molecular weight is 406 g/mol. The van der Waals surface area contributed by atoms with Crippen LogP contribution >= 0.6 is 24.0 Å². The SMILES string of the molecule is C=CCOc1ccc(/C=C2\SC(=S)N(C[C@@H]3CCCO3)C2=O)cc1OCC. The maximum absolute atomic E-state index is 12.8. The second kappa shape index (κ2) is 9.39. The van der Waals surface area contributed by atoms with Gasteiger partial charge in [-0.2, -0.15) is 0 Å². The topological polar surface area (TPSA) is 48.0 Å². The van der Waals surface area contributed by atoms with Gasteiger partial charge in [-0.15, -0.1) is 0 Å². The first-order chi connectivity index (χ1) is 13.1. The van der Waals surface area contributed by atoms with Crippen LogP contribution in [0, 0.1) is 0 Å². The van der Waals surface area contributed by atoms with Crippen LogP contribution in [0.1, 0.15) is 25.3 Å². The largest absolute Gasteiger partial charge is 0.490 e. The quantitative estimate of drug-likeness (QED) is 0.370. The third-order valence-electron chi connectivity index (χ3n) is 4.21. The van der Waals surface area contributed by atoms with Crippen molar-refractivity contribution in [1.29, 1.82) is 0 Å². The first kappa shape index (κ1) is 19.9. The van der Waals surface area contributed by atoms with E-state index in [1.165, 1.54) is 11.8 Å². The zero-order chi connectivity index (χ0) is 19.2. The molecule has 7 heteroatoms. The van der Waals surface area contributed by atoms with Crippen LogP contribution in [0.4, 0.5) is 0 Å². The Labute approximate surface area is 169 Å². The maximum atomic E-state index is 12.8. The predicted molar refractivity (Wildman–Crippen MR) is 112 cm³/mol. The summed E-state index contributed by atoms with van der Waals surface area (Å²) in [6.45, 7) is 7.79. The summed E-state index contributed by atoms with van der Waals surface area (Å²) < 4.78 is 17.5. The lowest BCUT2D eigenvalue weighted by Crippen LogP contribution is -2.35. The van der Waals surface area contributed by atoms with Crippen molar-refractivity contribution < 1.29 is 19.0 Å². The fraction of sp³-hybridized carbons (Fsp3) is 0.400.